The number of fused-ring (bicyclic) bond motifs is 1. The number of rotatable bonds is 4. The molecule has 0 bridgehead atoms. The fourth-order valence-corrected chi connectivity index (χ4v) is 4.06. The number of hydrogen-bond acceptors (Lipinski definition) is 6. The van der Waals surface area contributed by atoms with E-state index in [0.29, 0.717) is 66.7 Å². The van der Waals surface area contributed by atoms with Gasteiger partial charge in [0, 0.05) is 24.2 Å². The van der Waals surface area contributed by atoms with Crippen LogP contribution in [0.2, 0.25) is 5.02 Å². The second-order valence-electron chi connectivity index (χ2n) is 9.07. The van der Waals surface area contributed by atoms with Gasteiger partial charge >= 0.3 is 0 Å². The molecule has 9 nitrogen and oxygen atoms in total. The van der Waals surface area contributed by atoms with Gasteiger partial charge in [0.15, 0.2) is 0 Å². The Balaban J connectivity index is 1.81. The largest absolute Gasteiger partial charge is 0.491 e. The van der Waals surface area contributed by atoms with Gasteiger partial charge in [-0.2, -0.15) is 0 Å². The third kappa shape index (κ3) is 7.71. The van der Waals surface area contributed by atoms with E-state index in [0.717, 1.165) is 0 Å². The number of carbonyl (C=O) groups is 3. The van der Waals surface area contributed by atoms with E-state index in [9.17, 15) is 14.4 Å². The van der Waals surface area contributed by atoms with Gasteiger partial charge in [-0.3, -0.25) is 14.4 Å². The maximum absolute atomic E-state index is 13.1. The van der Waals surface area contributed by atoms with Gasteiger partial charge in [0.05, 0.1) is 23.8 Å². The summed E-state index contributed by atoms with van der Waals surface area (Å²) in [6.45, 7) is 6.80. The number of nitrogens with zero attached hydrogens (tertiary/aromatic N) is 2. The molecule has 0 radical (unpaired) electrons. The van der Waals surface area contributed by atoms with E-state index >= 15 is 0 Å². The first-order valence-corrected chi connectivity index (χ1v) is 12.4. The fraction of sp³-hybridized carbons (Fsp3) is 0.520. The summed E-state index contributed by atoms with van der Waals surface area (Å²) in [5, 5.41) is 10.2. The predicted octanol–water partition coefficient (Wildman–Crippen LogP) is 3.47. The van der Waals surface area contributed by atoms with Gasteiger partial charge in [0.2, 0.25) is 11.7 Å². The number of aromatic nitrogens is 1. The molecular formula is C25H33ClN4O5. The number of amides is 3. The van der Waals surface area contributed by atoms with Crippen LogP contribution in [0.15, 0.2) is 28.8 Å². The van der Waals surface area contributed by atoms with Crippen LogP contribution in [-0.4, -0.2) is 60.1 Å². The lowest BCUT2D eigenvalue weighted by atomic mass is 10.0. The smallest absolute Gasteiger partial charge is 0.292 e. The predicted molar refractivity (Wildman–Crippen MR) is 132 cm³/mol. The molecule has 10 heteroatoms. The summed E-state index contributed by atoms with van der Waals surface area (Å²) in [4.78, 5) is 40.3. The van der Waals surface area contributed by atoms with E-state index in [4.69, 9.17) is 20.9 Å². The summed E-state index contributed by atoms with van der Waals surface area (Å²) in [5.41, 5.74) is 1.02. The van der Waals surface area contributed by atoms with Crippen molar-refractivity contribution in [1.82, 2.24) is 20.7 Å². The highest BCUT2D eigenvalue weighted by Crippen LogP contribution is 2.24. The second kappa shape index (κ2) is 12.6. The molecular weight excluding hydrogens is 472 g/mol. The van der Waals surface area contributed by atoms with Crippen molar-refractivity contribution in [2.24, 2.45) is 5.92 Å². The van der Waals surface area contributed by atoms with Crippen molar-refractivity contribution in [2.45, 2.75) is 52.5 Å². The van der Waals surface area contributed by atoms with Crippen LogP contribution in [0.4, 0.5) is 0 Å². The Hall–Kier alpha value is -3.07. The molecule has 1 aliphatic rings. The number of benzene rings is 1. The van der Waals surface area contributed by atoms with Crippen molar-refractivity contribution in [1.29, 1.82) is 0 Å². The molecule has 1 aromatic carbocycles. The van der Waals surface area contributed by atoms with Crippen LogP contribution < -0.4 is 15.4 Å². The lowest BCUT2D eigenvalue weighted by Gasteiger charge is -2.25. The Bertz CT molecular complexity index is 1040. The third-order valence-corrected chi connectivity index (χ3v) is 5.88. The zero-order chi connectivity index (χ0) is 25.4. The van der Waals surface area contributed by atoms with Gasteiger partial charge in [-0.1, -0.05) is 37.5 Å². The molecule has 1 atom stereocenters. The quantitative estimate of drug-likeness (QED) is 0.659. The molecule has 0 unspecified atom stereocenters. The summed E-state index contributed by atoms with van der Waals surface area (Å²) in [6, 6.07) is 6.19. The normalized spacial score (nSPS) is 18.1. The number of hydrogen-bond donors (Lipinski definition) is 2. The standard InChI is InChI=1S/C25H33ClN4O5/c1-4-18-13-22(35-29-18)25(33)30-10-6-5-9-27-24(32)20-12-17(26)7-8-21(20)34-15-19(11-16(2)3)28-23(31)14-30/h7-8,12-13,16,19H,4-6,9-11,14-15H2,1-3H3,(H,27,32)(H,28,31)/t19-/m0/s1. The van der Waals surface area contributed by atoms with Crippen LogP contribution in [0.1, 0.15) is 66.6 Å². The third-order valence-electron chi connectivity index (χ3n) is 5.64. The van der Waals surface area contributed by atoms with Crippen molar-refractivity contribution in [3.8, 4) is 5.75 Å². The molecule has 2 heterocycles. The van der Waals surface area contributed by atoms with E-state index in [-0.39, 0.29) is 42.7 Å². The van der Waals surface area contributed by atoms with Gasteiger partial charge in [0.25, 0.3) is 11.8 Å². The first kappa shape index (κ1) is 26.5. The zero-order valence-electron chi connectivity index (χ0n) is 20.4. The molecule has 3 amide bonds. The Morgan fingerprint density at radius 1 is 1.26 bits per heavy atom. The topological polar surface area (TPSA) is 114 Å². The molecule has 0 fully saturated rings. The van der Waals surface area contributed by atoms with Crippen LogP contribution in [-0.2, 0) is 11.2 Å². The van der Waals surface area contributed by atoms with Crippen LogP contribution >= 0.6 is 11.6 Å². The van der Waals surface area contributed by atoms with Crippen molar-refractivity contribution < 1.29 is 23.6 Å². The highest BCUT2D eigenvalue weighted by molar-refractivity contribution is 6.31. The minimum absolute atomic E-state index is 0.107. The van der Waals surface area contributed by atoms with E-state index in [1.165, 1.54) is 4.90 Å². The van der Waals surface area contributed by atoms with Crippen molar-refractivity contribution in [3.05, 3.63) is 46.3 Å². The first-order chi connectivity index (χ1) is 16.8. The van der Waals surface area contributed by atoms with Gasteiger partial charge < -0.3 is 24.8 Å². The second-order valence-corrected chi connectivity index (χ2v) is 9.51. The number of nitrogens with one attached hydrogen (secondary N) is 2. The van der Waals surface area contributed by atoms with E-state index < -0.39 is 0 Å². The monoisotopic (exact) mass is 504 g/mol. The summed E-state index contributed by atoms with van der Waals surface area (Å²) in [7, 11) is 0. The van der Waals surface area contributed by atoms with Crippen LogP contribution in [0.25, 0.3) is 0 Å². The molecule has 3 rings (SSSR count). The van der Waals surface area contributed by atoms with Gasteiger partial charge in [0.1, 0.15) is 12.4 Å². The molecule has 2 N–H and O–H groups in total. The van der Waals surface area contributed by atoms with Gasteiger partial charge in [-0.05, 0) is 49.8 Å². The lowest BCUT2D eigenvalue weighted by Crippen LogP contribution is -2.46. The summed E-state index contributed by atoms with van der Waals surface area (Å²) in [5.74, 6) is -0.168. The van der Waals surface area contributed by atoms with E-state index in [1.54, 1.807) is 24.3 Å². The van der Waals surface area contributed by atoms with E-state index in [2.05, 4.69) is 15.8 Å². The zero-order valence-corrected chi connectivity index (χ0v) is 21.2. The Morgan fingerprint density at radius 2 is 2.06 bits per heavy atom. The molecule has 0 spiro atoms. The minimum atomic E-state index is -0.389. The molecule has 0 saturated heterocycles. The van der Waals surface area contributed by atoms with Crippen LogP contribution in [0.3, 0.4) is 0 Å². The summed E-state index contributed by atoms with van der Waals surface area (Å²) < 4.78 is 11.2. The van der Waals surface area contributed by atoms with E-state index in [1.807, 2.05) is 20.8 Å². The average Bonchev–Trinajstić information content (AvgIpc) is 3.30. The Labute approximate surface area is 210 Å². The van der Waals surface area contributed by atoms with Gasteiger partial charge in [-0.25, -0.2) is 0 Å². The highest BCUT2D eigenvalue weighted by atomic mass is 35.5. The number of halogens is 1. The van der Waals surface area contributed by atoms with Crippen LogP contribution in [0.5, 0.6) is 5.75 Å². The molecule has 0 saturated carbocycles. The fourth-order valence-electron chi connectivity index (χ4n) is 3.89. The van der Waals surface area contributed by atoms with Crippen molar-refractivity contribution in [3.63, 3.8) is 0 Å². The summed E-state index contributed by atoms with van der Waals surface area (Å²) in [6.07, 6.45) is 2.50. The SMILES string of the molecule is CCc1cc(C(=O)N2CCCCNC(=O)c3cc(Cl)ccc3OC[C@H](CC(C)C)NC(=O)C2)on1. The number of ether oxygens (including phenoxy) is 1. The molecule has 0 aliphatic carbocycles. The number of carbonyl (C=O) groups excluding carboxylic acids is 3. The first-order valence-electron chi connectivity index (χ1n) is 12.0. The Kier molecular flexibility index (Phi) is 9.54. The van der Waals surface area contributed by atoms with Gasteiger partial charge in [-0.15, -0.1) is 0 Å². The minimum Gasteiger partial charge on any atom is -0.491 e. The molecule has 1 aliphatic heterocycles. The lowest BCUT2D eigenvalue weighted by molar-refractivity contribution is -0.122. The molecule has 35 heavy (non-hydrogen) atoms. The maximum Gasteiger partial charge on any atom is 0.292 e. The molecule has 190 valence electrons. The maximum atomic E-state index is 13.1. The molecule has 1 aromatic heterocycles. The van der Waals surface area contributed by atoms with Crippen LogP contribution in [0, 0.1) is 5.92 Å². The van der Waals surface area contributed by atoms with Crippen molar-refractivity contribution in [2.75, 3.05) is 26.2 Å². The highest BCUT2D eigenvalue weighted by Gasteiger charge is 2.25. The number of aryl methyl sites for hydroxylation is 1. The average molecular weight is 505 g/mol. The summed E-state index contributed by atoms with van der Waals surface area (Å²) >= 11 is 6.12. The molecule has 2 aromatic rings. The Morgan fingerprint density at radius 3 is 2.77 bits per heavy atom. The van der Waals surface area contributed by atoms with Crippen molar-refractivity contribution >= 4 is 29.3 Å².